The van der Waals surface area contributed by atoms with Crippen molar-refractivity contribution in [2.24, 2.45) is 0 Å². The molecule has 25 heavy (non-hydrogen) atoms. The predicted octanol–water partition coefficient (Wildman–Crippen LogP) is 2.43. The van der Waals surface area contributed by atoms with Crippen LogP contribution in [0.3, 0.4) is 0 Å². The number of para-hydroxylation sites is 1. The molecular weight excluding hydrogens is 340 g/mol. The first kappa shape index (κ1) is 17.2. The highest BCUT2D eigenvalue weighted by Gasteiger charge is 2.41. The van der Waals surface area contributed by atoms with E-state index >= 15 is 0 Å². The molecule has 0 aliphatic carbocycles. The van der Waals surface area contributed by atoms with Crippen LogP contribution in [0.15, 0.2) is 47.4 Å². The second kappa shape index (κ2) is 6.33. The van der Waals surface area contributed by atoms with Gasteiger partial charge >= 0.3 is 0 Å². The van der Waals surface area contributed by atoms with Gasteiger partial charge in [0.1, 0.15) is 0 Å². The summed E-state index contributed by atoms with van der Waals surface area (Å²) in [5.41, 5.74) is 2.69. The second-order valence-corrected chi connectivity index (χ2v) is 8.19. The highest BCUT2D eigenvalue weighted by Crippen LogP contribution is 2.31. The minimum absolute atomic E-state index is 0.0409. The van der Waals surface area contributed by atoms with Gasteiger partial charge < -0.3 is 10.6 Å². The van der Waals surface area contributed by atoms with Gasteiger partial charge in [-0.3, -0.25) is 9.59 Å². The molecule has 0 fully saturated rings. The van der Waals surface area contributed by atoms with Gasteiger partial charge in [-0.25, -0.2) is 8.42 Å². The van der Waals surface area contributed by atoms with Gasteiger partial charge in [-0.05, 0) is 43.2 Å². The number of carbonyl (C=O) groups excluding carboxylic acids is 2. The minimum atomic E-state index is -3.91. The molecule has 2 aromatic carbocycles. The van der Waals surface area contributed by atoms with Crippen LogP contribution >= 0.6 is 0 Å². The van der Waals surface area contributed by atoms with Crippen LogP contribution in [0.5, 0.6) is 0 Å². The number of nitrogens with one attached hydrogen (secondary N) is 2. The maximum absolute atomic E-state index is 12.7. The van der Waals surface area contributed by atoms with Crippen molar-refractivity contribution >= 4 is 33.0 Å². The highest BCUT2D eigenvalue weighted by atomic mass is 32.2. The van der Waals surface area contributed by atoms with E-state index in [9.17, 15) is 18.0 Å². The van der Waals surface area contributed by atoms with Gasteiger partial charge in [0.2, 0.25) is 11.8 Å². The predicted molar refractivity (Wildman–Crippen MR) is 95.2 cm³/mol. The van der Waals surface area contributed by atoms with Crippen molar-refractivity contribution in [3.63, 3.8) is 0 Å². The third-order valence-corrected chi connectivity index (χ3v) is 6.26. The van der Waals surface area contributed by atoms with Gasteiger partial charge in [0, 0.05) is 5.69 Å². The number of anilines is 2. The Bertz CT molecular complexity index is 967. The average Bonchev–Trinajstić information content (AvgIpc) is 2.55. The molecule has 0 radical (unpaired) electrons. The Morgan fingerprint density at radius 2 is 1.88 bits per heavy atom. The van der Waals surface area contributed by atoms with Crippen LogP contribution in [0.25, 0.3) is 0 Å². The molecule has 0 unspecified atom stereocenters. The molecular formula is C18H18N2O4S. The van der Waals surface area contributed by atoms with E-state index in [1.54, 1.807) is 18.2 Å². The highest BCUT2D eigenvalue weighted by molar-refractivity contribution is 7.93. The van der Waals surface area contributed by atoms with Crippen LogP contribution in [-0.4, -0.2) is 25.5 Å². The topological polar surface area (TPSA) is 92.3 Å². The number of amides is 2. The monoisotopic (exact) mass is 358 g/mol. The number of hydrogen-bond acceptors (Lipinski definition) is 4. The zero-order valence-electron chi connectivity index (χ0n) is 13.9. The summed E-state index contributed by atoms with van der Waals surface area (Å²) in [5.74, 6) is -1.20. The molecule has 3 rings (SSSR count). The fraction of sp³-hybridized carbons (Fsp3) is 0.222. The lowest BCUT2D eigenvalue weighted by Gasteiger charge is -2.24. The molecule has 0 saturated heterocycles. The number of hydrogen-bond donors (Lipinski definition) is 2. The van der Waals surface area contributed by atoms with E-state index in [2.05, 4.69) is 10.6 Å². The van der Waals surface area contributed by atoms with E-state index in [1.807, 2.05) is 26.0 Å². The molecule has 1 heterocycles. The Balaban J connectivity index is 1.84. The molecule has 0 bridgehead atoms. The normalized spacial score (nSPS) is 18.2. The summed E-state index contributed by atoms with van der Waals surface area (Å²) >= 11 is 0. The Hall–Kier alpha value is -2.67. The van der Waals surface area contributed by atoms with Crippen molar-refractivity contribution in [1.29, 1.82) is 0 Å². The molecule has 7 heteroatoms. The lowest BCUT2D eigenvalue weighted by molar-refractivity contribution is -0.121. The lowest BCUT2D eigenvalue weighted by Crippen LogP contribution is -2.42. The quantitative estimate of drug-likeness (QED) is 0.881. The molecule has 2 N–H and O–H groups in total. The summed E-state index contributed by atoms with van der Waals surface area (Å²) in [6.07, 6.45) is -0.435. The molecule has 1 aliphatic heterocycles. The fourth-order valence-corrected chi connectivity index (χ4v) is 4.48. The van der Waals surface area contributed by atoms with Crippen molar-refractivity contribution in [2.45, 2.75) is 30.4 Å². The molecule has 130 valence electrons. The van der Waals surface area contributed by atoms with E-state index < -0.39 is 33.3 Å². The first-order chi connectivity index (χ1) is 11.8. The number of benzene rings is 2. The maximum Gasteiger partial charge on any atom is 0.243 e. The van der Waals surface area contributed by atoms with Crippen molar-refractivity contribution in [3.05, 3.63) is 53.6 Å². The van der Waals surface area contributed by atoms with Crippen LogP contribution in [0.2, 0.25) is 0 Å². The van der Waals surface area contributed by atoms with Gasteiger partial charge in [0.05, 0.1) is 17.0 Å². The summed E-state index contributed by atoms with van der Waals surface area (Å²) in [7, 11) is -3.91. The van der Waals surface area contributed by atoms with Gasteiger partial charge in [-0.1, -0.05) is 24.3 Å². The first-order valence-corrected chi connectivity index (χ1v) is 9.34. The summed E-state index contributed by atoms with van der Waals surface area (Å²) in [6, 6.07) is 11.8. The third-order valence-electron chi connectivity index (χ3n) is 4.16. The molecule has 6 nitrogen and oxygen atoms in total. The standard InChI is InChI=1S/C18H18N2O4S/c1-11-7-8-12(2)14(9-11)19-17(21)10-16-18(22)20-13-5-3-4-6-15(13)25(16,23)24/h3-9,16H,10H2,1-2H3,(H,19,21)(H,20,22)/t16-/m1/s1. The van der Waals surface area contributed by atoms with Gasteiger partial charge in [0.25, 0.3) is 0 Å². The van der Waals surface area contributed by atoms with Crippen LogP contribution in [0.1, 0.15) is 17.5 Å². The Kier molecular flexibility index (Phi) is 4.34. The summed E-state index contributed by atoms with van der Waals surface area (Å²) in [5, 5.41) is 3.82. The van der Waals surface area contributed by atoms with Crippen LogP contribution < -0.4 is 10.6 Å². The molecule has 0 spiro atoms. The zero-order chi connectivity index (χ0) is 18.2. The van der Waals surface area contributed by atoms with Crippen LogP contribution in [0, 0.1) is 13.8 Å². The summed E-state index contributed by atoms with van der Waals surface area (Å²) in [4.78, 5) is 24.6. The van der Waals surface area contributed by atoms with Gasteiger partial charge in [-0.15, -0.1) is 0 Å². The number of rotatable bonds is 3. The number of sulfone groups is 1. The van der Waals surface area contributed by atoms with E-state index in [0.29, 0.717) is 5.69 Å². The van der Waals surface area contributed by atoms with Crippen molar-refractivity contribution in [2.75, 3.05) is 10.6 Å². The average molecular weight is 358 g/mol. The molecule has 2 aromatic rings. The molecule has 0 aromatic heterocycles. The molecule has 1 atom stereocenters. The van der Waals surface area contributed by atoms with Crippen molar-refractivity contribution in [1.82, 2.24) is 0 Å². The fourth-order valence-electron chi connectivity index (χ4n) is 2.77. The Morgan fingerprint density at radius 1 is 1.16 bits per heavy atom. The van der Waals surface area contributed by atoms with Crippen molar-refractivity contribution < 1.29 is 18.0 Å². The summed E-state index contributed by atoms with van der Waals surface area (Å²) < 4.78 is 25.4. The van der Waals surface area contributed by atoms with E-state index in [-0.39, 0.29) is 10.6 Å². The van der Waals surface area contributed by atoms with Gasteiger partial charge in [0.15, 0.2) is 15.1 Å². The number of carbonyl (C=O) groups is 2. The third kappa shape index (κ3) is 3.28. The van der Waals surface area contributed by atoms with E-state index in [1.165, 1.54) is 12.1 Å². The van der Waals surface area contributed by atoms with Crippen LogP contribution in [-0.2, 0) is 19.4 Å². The second-order valence-electron chi connectivity index (χ2n) is 6.09. The zero-order valence-corrected chi connectivity index (χ0v) is 14.7. The Labute approximate surface area is 146 Å². The SMILES string of the molecule is Cc1ccc(C)c(NC(=O)C[C@@H]2C(=O)Nc3ccccc3S2(=O)=O)c1. The summed E-state index contributed by atoms with van der Waals surface area (Å²) in [6.45, 7) is 3.74. The van der Waals surface area contributed by atoms with Gasteiger partial charge in [-0.2, -0.15) is 0 Å². The smallest absolute Gasteiger partial charge is 0.243 e. The molecule has 2 amide bonds. The lowest BCUT2D eigenvalue weighted by atomic mass is 10.1. The molecule has 1 aliphatic rings. The molecule has 0 saturated carbocycles. The van der Waals surface area contributed by atoms with E-state index in [4.69, 9.17) is 0 Å². The maximum atomic E-state index is 12.7. The first-order valence-electron chi connectivity index (χ1n) is 7.80. The largest absolute Gasteiger partial charge is 0.326 e. The number of fused-ring (bicyclic) bond motifs is 1. The minimum Gasteiger partial charge on any atom is -0.326 e. The Morgan fingerprint density at radius 3 is 2.64 bits per heavy atom. The van der Waals surface area contributed by atoms with Crippen LogP contribution in [0.4, 0.5) is 11.4 Å². The van der Waals surface area contributed by atoms with Crippen molar-refractivity contribution in [3.8, 4) is 0 Å². The van der Waals surface area contributed by atoms with E-state index in [0.717, 1.165) is 11.1 Å². The number of aryl methyl sites for hydroxylation is 2.